The second kappa shape index (κ2) is 8.99. The number of carbonyl (C=O) groups is 2. The molecule has 2 heterocycles. The minimum absolute atomic E-state index is 0.350. The summed E-state index contributed by atoms with van der Waals surface area (Å²) in [6.07, 6.45) is 3.33. The van der Waals surface area contributed by atoms with Gasteiger partial charge in [0.1, 0.15) is 28.7 Å². The number of benzene rings is 1. The van der Waals surface area contributed by atoms with Gasteiger partial charge < -0.3 is 24.3 Å². The van der Waals surface area contributed by atoms with Gasteiger partial charge in [-0.15, -0.1) is 0 Å². The second-order valence-electron chi connectivity index (χ2n) is 8.55. The van der Waals surface area contributed by atoms with Crippen molar-refractivity contribution in [3.8, 4) is 11.5 Å². The van der Waals surface area contributed by atoms with Gasteiger partial charge in [-0.25, -0.2) is 9.59 Å². The predicted octanol–water partition coefficient (Wildman–Crippen LogP) is 3.34. The Balaban J connectivity index is 1.89. The van der Waals surface area contributed by atoms with Crippen LogP contribution in [0.5, 0.6) is 11.5 Å². The highest BCUT2D eigenvalue weighted by Crippen LogP contribution is 2.42. The van der Waals surface area contributed by atoms with E-state index >= 15 is 0 Å². The number of carboxylic acids is 1. The van der Waals surface area contributed by atoms with Gasteiger partial charge in [0.05, 0.1) is 5.39 Å². The molecule has 1 aromatic heterocycles. The Morgan fingerprint density at radius 1 is 1.32 bits per heavy atom. The number of aryl methyl sites for hydroxylation is 2. The van der Waals surface area contributed by atoms with Gasteiger partial charge in [-0.2, -0.15) is 0 Å². The van der Waals surface area contributed by atoms with Crippen LogP contribution in [-0.2, 0) is 16.0 Å². The maximum atomic E-state index is 12.4. The summed E-state index contributed by atoms with van der Waals surface area (Å²) in [5.74, 6) is -0.706. The first-order valence-electron chi connectivity index (χ1n) is 10.6. The molecule has 1 amide bonds. The normalized spacial score (nSPS) is 15.6. The molecule has 0 saturated heterocycles. The summed E-state index contributed by atoms with van der Waals surface area (Å²) in [6, 6.07) is 2.13. The average molecular weight is 431 g/mol. The Labute approximate surface area is 180 Å². The van der Waals surface area contributed by atoms with Crippen LogP contribution in [0.2, 0.25) is 0 Å². The number of unbranched alkanes of at least 4 members (excludes halogenated alkanes) is 1. The van der Waals surface area contributed by atoms with Crippen LogP contribution in [-0.4, -0.2) is 35.2 Å². The van der Waals surface area contributed by atoms with Gasteiger partial charge in [0.2, 0.25) is 0 Å². The minimum Gasteiger partial charge on any atom is -0.487 e. The van der Waals surface area contributed by atoms with Crippen molar-refractivity contribution in [2.24, 2.45) is 0 Å². The fourth-order valence-electron chi connectivity index (χ4n) is 3.78. The topological polar surface area (TPSA) is 115 Å². The molecule has 2 N–H and O–H groups in total. The largest absolute Gasteiger partial charge is 0.487 e. The third-order valence-corrected chi connectivity index (χ3v) is 5.44. The lowest BCUT2D eigenvalue weighted by Crippen LogP contribution is -2.42. The average Bonchev–Trinajstić information content (AvgIpc) is 2.67. The van der Waals surface area contributed by atoms with Crippen LogP contribution >= 0.6 is 0 Å². The van der Waals surface area contributed by atoms with Crippen LogP contribution in [0.15, 0.2) is 21.3 Å². The van der Waals surface area contributed by atoms with E-state index in [-0.39, 0.29) is 12.2 Å². The van der Waals surface area contributed by atoms with Crippen LogP contribution in [0, 0.1) is 6.92 Å². The van der Waals surface area contributed by atoms with Crippen LogP contribution in [0.3, 0.4) is 0 Å². The van der Waals surface area contributed by atoms with Crippen LogP contribution in [0.25, 0.3) is 11.0 Å². The molecule has 0 radical (unpaired) electrons. The van der Waals surface area contributed by atoms with E-state index in [4.69, 9.17) is 13.9 Å². The zero-order valence-electron chi connectivity index (χ0n) is 18.4. The predicted molar refractivity (Wildman–Crippen MR) is 115 cm³/mol. The first-order valence-corrected chi connectivity index (χ1v) is 10.6. The molecule has 0 fully saturated rings. The van der Waals surface area contributed by atoms with Crippen molar-refractivity contribution in [1.82, 2.24) is 5.32 Å². The van der Waals surface area contributed by atoms with Crippen molar-refractivity contribution >= 4 is 22.8 Å². The first kappa shape index (κ1) is 22.7. The van der Waals surface area contributed by atoms with Crippen molar-refractivity contribution in [2.75, 3.05) is 6.61 Å². The van der Waals surface area contributed by atoms with Gasteiger partial charge in [0.15, 0.2) is 6.61 Å². The molecule has 31 heavy (non-hydrogen) atoms. The fraction of sp³-hybridized carbons (Fsp3) is 0.522. The molecule has 1 aliphatic rings. The summed E-state index contributed by atoms with van der Waals surface area (Å²) in [5.41, 5.74) is 1.03. The van der Waals surface area contributed by atoms with Crippen molar-refractivity contribution in [2.45, 2.75) is 71.4 Å². The van der Waals surface area contributed by atoms with Gasteiger partial charge in [-0.3, -0.25) is 4.79 Å². The molecule has 8 heteroatoms. The van der Waals surface area contributed by atoms with Gasteiger partial charge in [0, 0.05) is 17.7 Å². The number of rotatable bonds is 8. The molecular weight excluding hydrogens is 402 g/mol. The Hall–Kier alpha value is -3.03. The highest BCUT2D eigenvalue weighted by Gasteiger charge is 2.30. The molecule has 1 atom stereocenters. The number of ether oxygens (including phenoxy) is 2. The lowest BCUT2D eigenvalue weighted by Gasteiger charge is -2.33. The quantitative estimate of drug-likeness (QED) is 0.616. The van der Waals surface area contributed by atoms with Crippen LogP contribution in [0.4, 0.5) is 0 Å². The smallest absolute Gasteiger partial charge is 0.336 e. The zero-order chi connectivity index (χ0) is 22.8. The molecule has 1 aromatic carbocycles. The molecule has 1 aliphatic heterocycles. The zero-order valence-corrected chi connectivity index (χ0v) is 18.4. The third kappa shape index (κ3) is 5.18. The highest BCUT2D eigenvalue weighted by atomic mass is 16.5. The lowest BCUT2D eigenvalue weighted by molar-refractivity contribution is -0.142. The monoisotopic (exact) mass is 431 g/mol. The maximum Gasteiger partial charge on any atom is 0.336 e. The molecule has 0 bridgehead atoms. The van der Waals surface area contributed by atoms with Gasteiger partial charge in [-0.05, 0) is 45.6 Å². The third-order valence-electron chi connectivity index (χ3n) is 5.44. The summed E-state index contributed by atoms with van der Waals surface area (Å²) in [5, 5.41) is 12.4. The van der Waals surface area contributed by atoms with E-state index in [0.717, 1.165) is 18.4 Å². The Morgan fingerprint density at radius 3 is 2.74 bits per heavy atom. The summed E-state index contributed by atoms with van der Waals surface area (Å²) in [7, 11) is 0. The molecule has 0 saturated carbocycles. The maximum absolute atomic E-state index is 12.4. The van der Waals surface area contributed by atoms with E-state index < -0.39 is 23.5 Å². The fourth-order valence-corrected chi connectivity index (χ4v) is 3.78. The van der Waals surface area contributed by atoms with Gasteiger partial charge in [0.25, 0.3) is 5.91 Å². The Bertz CT molecular complexity index is 1050. The first-order chi connectivity index (χ1) is 14.6. The highest BCUT2D eigenvalue weighted by molar-refractivity contribution is 5.92. The number of carbonyl (C=O) groups excluding carboxylic acids is 1. The molecule has 0 spiro atoms. The van der Waals surface area contributed by atoms with Gasteiger partial charge in [-0.1, -0.05) is 19.8 Å². The van der Waals surface area contributed by atoms with E-state index in [0.29, 0.717) is 47.3 Å². The van der Waals surface area contributed by atoms with E-state index in [1.165, 1.54) is 6.07 Å². The number of aliphatic carboxylic acids is 1. The number of hydrogen-bond donors (Lipinski definition) is 2. The Morgan fingerprint density at radius 2 is 2.06 bits per heavy atom. The van der Waals surface area contributed by atoms with E-state index in [1.807, 2.05) is 20.8 Å². The lowest BCUT2D eigenvalue weighted by atomic mass is 9.92. The number of amides is 1. The van der Waals surface area contributed by atoms with E-state index in [2.05, 4.69) is 5.32 Å². The minimum atomic E-state index is -1.07. The number of carboxylic acid groups (broad SMARTS) is 1. The van der Waals surface area contributed by atoms with Crippen LogP contribution in [0.1, 0.15) is 57.6 Å². The molecular formula is C23H29NO7. The molecule has 0 aliphatic carbocycles. The summed E-state index contributed by atoms with van der Waals surface area (Å²) in [6.45, 7) is 7.31. The van der Waals surface area contributed by atoms with Gasteiger partial charge >= 0.3 is 11.6 Å². The summed E-state index contributed by atoms with van der Waals surface area (Å²) in [4.78, 5) is 35.7. The van der Waals surface area contributed by atoms with Crippen molar-refractivity contribution in [3.05, 3.63) is 33.7 Å². The number of hydrogen-bond acceptors (Lipinski definition) is 6. The molecule has 168 valence electrons. The standard InChI is InChI=1S/C23H29NO7/c1-5-6-7-15(22(27)28)24-18(25)12-29-17-11-16-14(8-9-23(3,4)31-16)21-20(17)13(2)10-19(26)30-21/h10-11,15H,5-9,12H2,1-4H3,(H,24,25)(H,27,28)/t15-/m0/s1. The van der Waals surface area contributed by atoms with E-state index in [9.17, 15) is 19.5 Å². The summed E-state index contributed by atoms with van der Waals surface area (Å²) >= 11 is 0. The summed E-state index contributed by atoms with van der Waals surface area (Å²) < 4.78 is 17.4. The molecule has 0 unspecified atom stereocenters. The molecule has 3 rings (SSSR count). The van der Waals surface area contributed by atoms with E-state index in [1.54, 1.807) is 13.0 Å². The number of nitrogens with one attached hydrogen (secondary N) is 1. The Kier molecular flexibility index (Phi) is 6.57. The van der Waals surface area contributed by atoms with Crippen molar-refractivity contribution in [1.29, 1.82) is 0 Å². The molecule has 8 nitrogen and oxygen atoms in total. The SMILES string of the molecule is CCCC[C@H](NC(=O)COc1cc2c(c3oc(=O)cc(C)c13)CCC(C)(C)O2)C(=O)O. The van der Waals surface area contributed by atoms with Crippen molar-refractivity contribution in [3.63, 3.8) is 0 Å². The van der Waals surface area contributed by atoms with Crippen molar-refractivity contribution < 1.29 is 28.6 Å². The number of fused-ring (bicyclic) bond motifs is 3. The molecule has 2 aromatic rings. The van der Waals surface area contributed by atoms with Crippen LogP contribution < -0.4 is 20.4 Å². The second-order valence-corrected chi connectivity index (χ2v) is 8.55.